The molecule has 0 aliphatic rings. The molecule has 0 saturated carbocycles. The first-order chi connectivity index (χ1) is 9.49. The molecule has 1 aromatic carbocycles. The summed E-state index contributed by atoms with van der Waals surface area (Å²) < 4.78 is 5.07. The van der Waals surface area contributed by atoms with E-state index in [1.807, 2.05) is 19.1 Å². The molecule has 5 nitrogen and oxygen atoms in total. The lowest BCUT2D eigenvalue weighted by molar-refractivity contribution is -0.131. The van der Waals surface area contributed by atoms with Crippen molar-refractivity contribution in [3.05, 3.63) is 29.8 Å². The van der Waals surface area contributed by atoms with Crippen LogP contribution in [0.4, 0.5) is 0 Å². The molecule has 0 radical (unpaired) electrons. The minimum absolute atomic E-state index is 0.0226. The van der Waals surface area contributed by atoms with E-state index < -0.39 is 6.10 Å². The molecule has 0 fully saturated rings. The van der Waals surface area contributed by atoms with Crippen molar-refractivity contribution in [1.29, 1.82) is 0 Å². The molecule has 0 heterocycles. The summed E-state index contributed by atoms with van der Waals surface area (Å²) in [5, 5.41) is 13.1. The van der Waals surface area contributed by atoms with Crippen LogP contribution in [-0.4, -0.2) is 49.2 Å². The van der Waals surface area contributed by atoms with E-state index in [-0.39, 0.29) is 11.9 Å². The number of likely N-dealkylation sites (N-methyl/N-ethyl adjacent to an activating group) is 1. The summed E-state index contributed by atoms with van der Waals surface area (Å²) in [5.74, 6) is 0.774. The number of methoxy groups -OCH3 is 1. The Morgan fingerprint density at radius 2 is 2.00 bits per heavy atom. The topological polar surface area (TPSA) is 61.8 Å². The lowest BCUT2D eigenvalue weighted by Crippen LogP contribution is -2.44. The second-order valence-electron chi connectivity index (χ2n) is 4.77. The molecule has 1 aromatic rings. The molecule has 0 aromatic heterocycles. The number of aliphatic hydroxyl groups is 1. The number of nitrogens with zero attached hydrogens (tertiary/aromatic N) is 1. The molecular formula is C15H24N2O3. The number of carbonyl (C=O) groups is 1. The molecule has 0 bridgehead atoms. The van der Waals surface area contributed by atoms with Gasteiger partial charge in [-0.3, -0.25) is 4.79 Å². The largest absolute Gasteiger partial charge is 0.497 e. The van der Waals surface area contributed by atoms with Gasteiger partial charge in [0.05, 0.1) is 19.3 Å². The van der Waals surface area contributed by atoms with Crippen LogP contribution in [-0.2, 0) is 4.79 Å². The summed E-state index contributed by atoms with van der Waals surface area (Å²) in [7, 11) is 3.37. The van der Waals surface area contributed by atoms with Gasteiger partial charge in [0.1, 0.15) is 5.75 Å². The fraction of sp³-hybridized carbons (Fsp3) is 0.533. The molecule has 1 amide bonds. The smallest absolute Gasteiger partial charge is 0.239 e. The number of aliphatic hydroxyl groups excluding tert-OH is 1. The van der Waals surface area contributed by atoms with Gasteiger partial charge in [0, 0.05) is 20.1 Å². The van der Waals surface area contributed by atoms with E-state index in [9.17, 15) is 9.90 Å². The number of benzene rings is 1. The van der Waals surface area contributed by atoms with Crippen molar-refractivity contribution in [2.24, 2.45) is 0 Å². The Kier molecular flexibility index (Phi) is 6.48. The van der Waals surface area contributed by atoms with Gasteiger partial charge in [0.25, 0.3) is 0 Å². The highest BCUT2D eigenvalue weighted by Gasteiger charge is 2.17. The highest BCUT2D eigenvalue weighted by atomic mass is 16.5. The normalized spacial score (nSPS) is 13.7. The van der Waals surface area contributed by atoms with Crippen LogP contribution in [0.3, 0.4) is 0 Å². The quantitative estimate of drug-likeness (QED) is 0.787. The van der Waals surface area contributed by atoms with Gasteiger partial charge in [-0.1, -0.05) is 12.1 Å². The fourth-order valence-electron chi connectivity index (χ4n) is 1.81. The number of ether oxygens (including phenoxy) is 1. The van der Waals surface area contributed by atoms with E-state index >= 15 is 0 Å². The highest BCUT2D eigenvalue weighted by Crippen LogP contribution is 2.17. The van der Waals surface area contributed by atoms with E-state index in [0.29, 0.717) is 13.1 Å². The van der Waals surface area contributed by atoms with Crippen molar-refractivity contribution in [3.63, 3.8) is 0 Å². The summed E-state index contributed by atoms with van der Waals surface area (Å²) in [5.41, 5.74) is 0.793. The van der Waals surface area contributed by atoms with Crippen LogP contribution in [0.15, 0.2) is 24.3 Å². The van der Waals surface area contributed by atoms with Crippen molar-refractivity contribution in [2.45, 2.75) is 26.0 Å². The molecule has 0 saturated heterocycles. The second kappa shape index (κ2) is 7.87. The third-order valence-electron chi connectivity index (χ3n) is 3.34. The summed E-state index contributed by atoms with van der Waals surface area (Å²) in [6.45, 7) is 4.73. The van der Waals surface area contributed by atoms with E-state index in [0.717, 1.165) is 11.3 Å². The molecule has 112 valence electrons. The lowest BCUT2D eigenvalue weighted by Gasteiger charge is -2.22. The standard InChI is InChI=1S/C15H24N2O3/c1-5-17(3)15(19)11(2)16-10-14(18)12-6-8-13(20-4)9-7-12/h6-9,11,14,16,18H,5,10H2,1-4H3. The van der Waals surface area contributed by atoms with Gasteiger partial charge < -0.3 is 20.1 Å². The van der Waals surface area contributed by atoms with Gasteiger partial charge in [0.15, 0.2) is 0 Å². The highest BCUT2D eigenvalue weighted by molar-refractivity contribution is 5.81. The molecule has 2 unspecified atom stereocenters. The number of amides is 1. The zero-order valence-corrected chi connectivity index (χ0v) is 12.6. The summed E-state index contributed by atoms with van der Waals surface area (Å²) in [6, 6.07) is 6.93. The van der Waals surface area contributed by atoms with Crippen LogP contribution in [0.25, 0.3) is 0 Å². The third kappa shape index (κ3) is 4.51. The SMILES string of the molecule is CCN(C)C(=O)C(C)NCC(O)c1ccc(OC)cc1. The predicted octanol–water partition coefficient (Wildman–Crippen LogP) is 1.18. The molecule has 1 rings (SSSR count). The number of nitrogens with one attached hydrogen (secondary N) is 1. The molecule has 20 heavy (non-hydrogen) atoms. The molecule has 0 spiro atoms. The van der Waals surface area contributed by atoms with E-state index in [1.54, 1.807) is 38.1 Å². The molecule has 2 N–H and O–H groups in total. The van der Waals surface area contributed by atoms with Gasteiger partial charge in [-0.25, -0.2) is 0 Å². The van der Waals surface area contributed by atoms with E-state index in [4.69, 9.17) is 4.74 Å². The number of rotatable bonds is 7. The Hall–Kier alpha value is -1.59. The predicted molar refractivity (Wildman–Crippen MR) is 78.7 cm³/mol. The number of carbonyl (C=O) groups excluding carboxylic acids is 1. The van der Waals surface area contributed by atoms with Crippen molar-refractivity contribution < 1.29 is 14.6 Å². The first-order valence-electron chi connectivity index (χ1n) is 6.80. The van der Waals surface area contributed by atoms with Gasteiger partial charge in [-0.2, -0.15) is 0 Å². The van der Waals surface area contributed by atoms with Crippen molar-refractivity contribution in [2.75, 3.05) is 27.2 Å². The van der Waals surface area contributed by atoms with Crippen LogP contribution < -0.4 is 10.1 Å². The Labute approximate surface area is 120 Å². The van der Waals surface area contributed by atoms with Crippen LogP contribution in [0.2, 0.25) is 0 Å². The van der Waals surface area contributed by atoms with Crippen LogP contribution in [0.5, 0.6) is 5.75 Å². The van der Waals surface area contributed by atoms with Crippen LogP contribution >= 0.6 is 0 Å². The maximum atomic E-state index is 11.9. The van der Waals surface area contributed by atoms with Crippen molar-refractivity contribution >= 4 is 5.91 Å². The summed E-state index contributed by atoms with van der Waals surface area (Å²) in [6.07, 6.45) is -0.650. The van der Waals surface area contributed by atoms with Gasteiger partial charge >= 0.3 is 0 Å². The minimum Gasteiger partial charge on any atom is -0.497 e. The number of hydrogen-bond acceptors (Lipinski definition) is 4. The van der Waals surface area contributed by atoms with E-state index in [1.165, 1.54) is 0 Å². The third-order valence-corrected chi connectivity index (χ3v) is 3.34. The lowest BCUT2D eigenvalue weighted by atomic mass is 10.1. The average molecular weight is 280 g/mol. The number of hydrogen-bond donors (Lipinski definition) is 2. The zero-order chi connectivity index (χ0) is 15.1. The van der Waals surface area contributed by atoms with Crippen molar-refractivity contribution in [3.8, 4) is 5.75 Å². The molecular weight excluding hydrogens is 256 g/mol. The van der Waals surface area contributed by atoms with Crippen LogP contribution in [0, 0.1) is 0 Å². The zero-order valence-electron chi connectivity index (χ0n) is 12.6. The Balaban J connectivity index is 2.49. The Morgan fingerprint density at radius 3 is 2.50 bits per heavy atom. The molecule has 0 aliphatic heterocycles. The monoisotopic (exact) mass is 280 g/mol. The average Bonchev–Trinajstić information content (AvgIpc) is 2.50. The Bertz CT molecular complexity index is 420. The summed E-state index contributed by atoms with van der Waals surface area (Å²) in [4.78, 5) is 13.5. The first kappa shape index (κ1) is 16.5. The summed E-state index contributed by atoms with van der Waals surface area (Å²) >= 11 is 0. The van der Waals surface area contributed by atoms with Crippen LogP contribution in [0.1, 0.15) is 25.5 Å². The molecule has 5 heteroatoms. The molecule has 2 atom stereocenters. The van der Waals surface area contributed by atoms with E-state index in [2.05, 4.69) is 5.32 Å². The van der Waals surface area contributed by atoms with Gasteiger partial charge in [-0.15, -0.1) is 0 Å². The van der Waals surface area contributed by atoms with Gasteiger partial charge in [0.2, 0.25) is 5.91 Å². The van der Waals surface area contributed by atoms with Crippen molar-refractivity contribution in [1.82, 2.24) is 10.2 Å². The maximum Gasteiger partial charge on any atom is 0.239 e. The first-order valence-corrected chi connectivity index (χ1v) is 6.80. The van der Waals surface area contributed by atoms with Gasteiger partial charge in [-0.05, 0) is 31.5 Å². The second-order valence-corrected chi connectivity index (χ2v) is 4.77. The molecule has 0 aliphatic carbocycles. The minimum atomic E-state index is -0.650. The fourth-order valence-corrected chi connectivity index (χ4v) is 1.81. The maximum absolute atomic E-state index is 11.9. The Morgan fingerprint density at radius 1 is 1.40 bits per heavy atom.